The third-order valence-electron chi connectivity index (χ3n) is 3.55. The molecule has 1 N–H and O–H groups in total. The lowest BCUT2D eigenvalue weighted by atomic mass is 10.1. The van der Waals surface area contributed by atoms with Crippen molar-refractivity contribution < 1.29 is 9.53 Å². The van der Waals surface area contributed by atoms with Crippen molar-refractivity contribution in [2.24, 2.45) is 0 Å². The molecule has 1 unspecified atom stereocenters. The van der Waals surface area contributed by atoms with E-state index in [9.17, 15) is 4.79 Å². The van der Waals surface area contributed by atoms with Gasteiger partial charge < -0.3 is 15.0 Å². The van der Waals surface area contributed by atoms with Crippen LogP contribution < -0.4 is 5.32 Å². The van der Waals surface area contributed by atoms with Gasteiger partial charge in [-0.2, -0.15) is 0 Å². The highest BCUT2D eigenvalue weighted by molar-refractivity contribution is 9.10. The lowest BCUT2D eigenvalue weighted by Crippen LogP contribution is -2.49. The van der Waals surface area contributed by atoms with Crippen LogP contribution in [0.15, 0.2) is 10.5 Å². The highest BCUT2D eigenvalue weighted by Gasteiger charge is 2.27. The molecule has 4 nitrogen and oxygen atoms in total. The van der Waals surface area contributed by atoms with Gasteiger partial charge in [0.1, 0.15) is 5.60 Å². The molecule has 1 fully saturated rings. The number of nitrogens with zero attached hydrogens (tertiary/aromatic N) is 1. The molecule has 1 aromatic rings. The van der Waals surface area contributed by atoms with Crippen LogP contribution in [0, 0.1) is 6.92 Å². The lowest BCUT2D eigenvalue weighted by Gasteiger charge is -2.34. The zero-order valence-corrected chi connectivity index (χ0v) is 16.1. The number of rotatable bonds is 3. The summed E-state index contributed by atoms with van der Waals surface area (Å²) in [5.41, 5.74) is -0.432. The minimum atomic E-state index is -0.432. The first-order valence-electron chi connectivity index (χ1n) is 7.71. The van der Waals surface area contributed by atoms with E-state index in [0.29, 0.717) is 6.04 Å². The third kappa shape index (κ3) is 5.25. The summed E-state index contributed by atoms with van der Waals surface area (Å²) in [5.74, 6) is 0. The molecular weight excluding hydrogens is 364 g/mol. The number of thiophene rings is 1. The molecule has 0 spiro atoms. The largest absolute Gasteiger partial charge is 0.444 e. The lowest BCUT2D eigenvalue weighted by molar-refractivity contribution is 0.0187. The van der Waals surface area contributed by atoms with Crippen molar-refractivity contribution in [3.8, 4) is 0 Å². The highest BCUT2D eigenvalue weighted by Crippen LogP contribution is 2.26. The van der Waals surface area contributed by atoms with E-state index in [-0.39, 0.29) is 6.09 Å². The van der Waals surface area contributed by atoms with Crippen LogP contribution in [0.3, 0.4) is 0 Å². The molecule has 1 amide bonds. The Morgan fingerprint density at radius 1 is 1.55 bits per heavy atom. The van der Waals surface area contributed by atoms with E-state index >= 15 is 0 Å². The van der Waals surface area contributed by atoms with Gasteiger partial charge in [0.15, 0.2) is 0 Å². The Kier molecular flexibility index (Phi) is 5.91. The number of aryl methyl sites for hydroxylation is 1. The average Bonchev–Trinajstić information content (AvgIpc) is 2.74. The predicted octanol–water partition coefficient (Wildman–Crippen LogP) is 4.31. The van der Waals surface area contributed by atoms with Crippen molar-refractivity contribution in [2.75, 3.05) is 13.1 Å². The van der Waals surface area contributed by atoms with Gasteiger partial charge >= 0.3 is 6.09 Å². The van der Waals surface area contributed by atoms with E-state index in [1.54, 1.807) is 11.3 Å². The molecule has 124 valence electrons. The van der Waals surface area contributed by atoms with Crippen molar-refractivity contribution in [1.29, 1.82) is 0 Å². The van der Waals surface area contributed by atoms with Gasteiger partial charge in [0.05, 0.1) is 0 Å². The molecule has 0 radical (unpaired) electrons. The maximum atomic E-state index is 12.2. The molecule has 2 rings (SSSR count). The summed E-state index contributed by atoms with van der Waals surface area (Å²) in [6.45, 7) is 10.2. The van der Waals surface area contributed by atoms with E-state index in [0.717, 1.165) is 32.5 Å². The van der Waals surface area contributed by atoms with Gasteiger partial charge in [-0.05, 0) is 62.5 Å². The number of amides is 1. The van der Waals surface area contributed by atoms with E-state index in [2.05, 4.69) is 34.2 Å². The number of likely N-dealkylation sites (tertiary alicyclic amines) is 1. The van der Waals surface area contributed by atoms with Crippen LogP contribution in [0.5, 0.6) is 0 Å². The quantitative estimate of drug-likeness (QED) is 0.838. The van der Waals surface area contributed by atoms with Crippen LogP contribution in [0.2, 0.25) is 0 Å². The SMILES string of the molecule is Cc1sc(CNC2CCCN(C(=O)OC(C)(C)C)C2)cc1Br. The first-order chi connectivity index (χ1) is 10.2. The van der Waals surface area contributed by atoms with Crippen LogP contribution in [0.25, 0.3) is 0 Å². The topological polar surface area (TPSA) is 41.6 Å². The van der Waals surface area contributed by atoms with Gasteiger partial charge in [0, 0.05) is 39.9 Å². The predicted molar refractivity (Wildman–Crippen MR) is 94.4 cm³/mol. The van der Waals surface area contributed by atoms with Gasteiger partial charge in [-0.3, -0.25) is 0 Å². The Morgan fingerprint density at radius 2 is 2.27 bits per heavy atom. The second kappa shape index (κ2) is 7.32. The highest BCUT2D eigenvalue weighted by atomic mass is 79.9. The number of hydrogen-bond donors (Lipinski definition) is 1. The molecule has 1 saturated heterocycles. The summed E-state index contributed by atoms with van der Waals surface area (Å²) in [7, 11) is 0. The number of ether oxygens (including phenoxy) is 1. The molecule has 1 aliphatic rings. The van der Waals surface area contributed by atoms with Gasteiger partial charge in [0.2, 0.25) is 0 Å². The Hall–Kier alpha value is -0.590. The molecule has 0 saturated carbocycles. The second-order valence-electron chi connectivity index (χ2n) is 6.76. The first-order valence-corrected chi connectivity index (χ1v) is 9.31. The van der Waals surface area contributed by atoms with Gasteiger partial charge in [-0.15, -0.1) is 11.3 Å². The van der Waals surface area contributed by atoms with Gasteiger partial charge in [0.25, 0.3) is 0 Å². The van der Waals surface area contributed by atoms with Crippen molar-refractivity contribution in [3.63, 3.8) is 0 Å². The van der Waals surface area contributed by atoms with E-state index < -0.39 is 5.60 Å². The molecule has 0 aliphatic carbocycles. The Morgan fingerprint density at radius 3 is 2.86 bits per heavy atom. The van der Waals surface area contributed by atoms with E-state index in [4.69, 9.17) is 4.74 Å². The number of piperidine rings is 1. The zero-order valence-electron chi connectivity index (χ0n) is 13.7. The number of halogens is 1. The molecule has 1 atom stereocenters. The summed E-state index contributed by atoms with van der Waals surface area (Å²) in [5, 5.41) is 3.57. The molecule has 22 heavy (non-hydrogen) atoms. The Labute approximate surface area is 145 Å². The average molecular weight is 389 g/mol. The summed E-state index contributed by atoms with van der Waals surface area (Å²) in [4.78, 5) is 16.6. The normalized spacial score (nSPS) is 19.3. The summed E-state index contributed by atoms with van der Waals surface area (Å²) in [6, 6.07) is 2.50. The fraction of sp³-hybridized carbons (Fsp3) is 0.688. The van der Waals surface area contributed by atoms with Crippen molar-refractivity contribution >= 4 is 33.4 Å². The van der Waals surface area contributed by atoms with Crippen molar-refractivity contribution in [1.82, 2.24) is 10.2 Å². The monoisotopic (exact) mass is 388 g/mol. The molecular formula is C16H25BrN2O2S. The van der Waals surface area contributed by atoms with Crippen molar-refractivity contribution in [2.45, 2.75) is 58.7 Å². The number of hydrogen-bond acceptors (Lipinski definition) is 4. The Bertz CT molecular complexity index is 505. The first kappa shape index (κ1) is 17.8. The van der Waals surface area contributed by atoms with Gasteiger partial charge in [-0.25, -0.2) is 4.79 Å². The fourth-order valence-corrected chi connectivity index (χ4v) is 4.04. The number of carbonyl (C=O) groups excluding carboxylic acids is 1. The van der Waals surface area contributed by atoms with Crippen LogP contribution in [-0.4, -0.2) is 35.7 Å². The number of nitrogens with one attached hydrogen (secondary N) is 1. The van der Waals surface area contributed by atoms with E-state index in [1.807, 2.05) is 25.7 Å². The molecule has 0 aromatic carbocycles. The Balaban J connectivity index is 1.84. The molecule has 0 bridgehead atoms. The van der Waals surface area contributed by atoms with Crippen molar-refractivity contribution in [3.05, 3.63) is 20.3 Å². The minimum absolute atomic E-state index is 0.200. The molecule has 6 heteroatoms. The number of carbonyl (C=O) groups is 1. The summed E-state index contributed by atoms with van der Waals surface area (Å²) >= 11 is 5.36. The summed E-state index contributed by atoms with van der Waals surface area (Å²) < 4.78 is 6.64. The molecule has 2 heterocycles. The van der Waals surface area contributed by atoms with Crippen LogP contribution in [-0.2, 0) is 11.3 Å². The second-order valence-corrected chi connectivity index (χ2v) is 8.96. The zero-order chi connectivity index (χ0) is 16.3. The van der Waals surface area contributed by atoms with Gasteiger partial charge in [-0.1, -0.05) is 0 Å². The van der Waals surface area contributed by atoms with Crippen LogP contribution >= 0.6 is 27.3 Å². The van der Waals surface area contributed by atoms with Crippen LogP contribution in [0.4, 0.5) is 4.79 Å². The summed E-state index contributed by atoms with van der Waals surface area (Å²) in [6.07, 6.45) is 1.92. The van der Waals surface area contributed by atoms with E-state index in [1.165, 1.54) is 14.2 Å². The fourth-order valence-electron chi connectivity index (χ4n) is 2.49. The van der Waals surface area contributed by atoms with Crippen LogP contribution in [0.1, 0.15) is 43.4 Å². The standard InChI is InChI=1S/C16H25BrN2O2S/c1-11-14(17)8-13(22-11)9-18-12-6-5-7-19(10-12)15(20)21-16(2,3)4/h8,12,18H,5-7,9-10H2,1-4H3. The maximum absolute atomic E-state index is 12.2. The molecule has 1 aromatic heterocycles. The minimum Gasteiger partial charge on any atom is -0.444 e. The third-order valence-corrected chi connectivity index (χ3v) is 5.68. The molecule has 1 aliphatic heterocycles. The maximum Gasteiger partial charge on any atom is 0.410 e. The smallest absolute Gasteiger partial charge is 0.410 e.